The van der Waals surface area contributed by atoms with Crippen molar-refractivity contribution in [1.82, 2.24) is 15.1 Å². The smallest absolute Gasteiger partial charge is 0.416 e. The quantitative estimate of drug-likeness (QED) is 0.845. The van der Waals surface area contributed by atoms with Gasteiger partial charge in [0.25, 0.3) is 0 Å². The van der Waals surface area contributed by atoms with E-state index in [1.807, 2.05) is 6.07 Å². The van der Waals surface area contributed by atoms with Gasteiger partial charge >= 0.3 is 6.18 Å². The van der Waals surface area contributed by atoms with Gasteiger partial charge in [-0.25, -0.2) is 0 Å². The van der Waals surface area contributed by atoms with Crippen LogP contribution in [0.3, 0.4) is 0 Å². The number of alkyl halides is 3. The Morgan fingerprint density at radius 1 is 1.11 bits per heavy atom. The molecule has 0 amide bonds. The van der Waals surface area contributed by atoms with E-state index in [9.17, 15) is 18.3 Å². The van der Waals surface area contributed by atoms with Crippen molar-refractivity contribution < 1.29 is 18.3 Å². The molecule has 0 aliphatic carbocycles. The summed E-state index contributed by atoms with van der Waals surface area (Å²) in [6, 6.07) is 5.74. The van der Waals surface area contributed by atoms with Crippen molar-refractivity contribution >= 4 is 5.82 Å². The van der Waals surface area contributed by atoms with Crippen LogP contribution in [-0.4, -0.2) is 52.9 Å². The summed E-state index contributed by atoms with van der Waals surface area (Å²) in [5, 5.41) is 18.7. The van der Waals surface area contributed by atoms with E-state index in [4.69, 9.17) is 0 Å². The molecule has 0 spiro atoms. The molecule has 2 aliphatic rings. The van der Waals surface area contributed by atoms with Crippen LogP contribution in [0.5, 0.6) is 5.75 Å². The molecule has 0 unspecified atom stereocenters. The second-order valence-electron chi connectivity index (χ2n) is 7.82. The normalized spacial score (nSPS) is 23.1. The Hall–Kier alpha value is -2.35. The van der Waals surface area contributed by atoms with E-state index < -0.39 is 17.5 Å². The number of fused-ring (bicyclic) bond motifs is 1. The molecule has 150 valence electrons. The number of hydrogen-bond acceptors (Lipinski definition) is 5. The topological polar surface area (TPSA) is 52.5 Å². The fourth-order valence-electron chi connectivity index (χ4n) is 4.46. The molecule has 1 N–H and O–H groups in total. The zero-order chi connectivity index (χ0) is 20.1. The van der Waals surface area contributed by atoms with E-state index >= 15 is 0 Å². The van der Waals surface area contributed by atoms with Crippen LogP contribution in [0.4, 0.5) is 19.0 Å². The third kappa shape index (κ3) is 3.41. The average Bonchev–Trinajstić information content (AvgIpc) is 3.04. The van der Waals surface area contributed by atoms with E-state index in [1.54, 1.807) is 6.07 Å². The van der Waals surface area contributed by atoms with Gasteiger partial charge in [-0.2, -0.15) is 13.2 Å². The first-order valence-corrected chi connectivity index (χ1v) is 9.44. The predicted molar refractivity (Wildman–Crippen MR) is 100 cm³/mol. The summed E-state index contributed by atoms with van der Waals surface area (Å²) >= 11 is 0. The number of phenols is 1. The number of piperidine rings is 1. The maximum atomic E-state index is 12.9. The summed E-state index contributed by atoms with van der Waals surface area (Å²) in [4.78, 5) is 4.60. The highest BCUT2D eigenvalue weighted by atomic mass is 19.4. The first-order chi connectivity index (χ1) is 13.2. The second-order valence-corrected chi connectivity index (χ2v) is 7.82. The maximum absolute atomic E-state index is 12.9. The molecule has 2 fully saturated rings. The summed E-state index contributed by atoms with van der Waals surface area (Å²) in [6.45, 7) is 4.57. The summed E-state index contributed by atoms with van der Waals surface area (Å²) in [7, 11) is 2.12. The number of aromatic hydroxyl groups is 1. The highest BCUT2D eigenvalue weighted by Gasteiger charge is 2.38. The van der Waals surface area contributed by atoms with E-state index in [1.165, 1.54) is 13.3 Å². The van der Waals surface area contributed by atoms with Gasteiger partial charge in [0.1, 0.15) is 5.75 Å². The van der Waals surface area contributed by atoms with Crippen LogP contribution >= 0.6 is 0 Å². The molecule has 8 heteroatoms. The molecule has 0 radical (unpaired) electrons. The number of benzene rings is 1. The van der Waals surface area contributed by atoms with Gasteiger partial charge in [-0.15, -0.1) is 10.2 Å². The highest BCUT2D eigenvalue weighted by Crippen LogP contribution is 2.39. The van der Waals surface area contributed by atoms with Gasteiger partial charge in [0.15, 0.2) is 5.82 Å². The van der Waals surface area contributed by atoms with Gasteiger partial charge in [-0.1, -0.05) is 0 Å². The van der Waals surface area contributed by atoms with Crippen LogP contribution in [0.2, 0.25) is 0 Å². The molecule has 2 aliphatic heterocycles. The Morgan fingerprint density at radius 2 is 1.86 bits per heavy atom. The highest BCUT2D eigenvalue weighted by molar-refractivity contribution is 5.71. The number of likely N-dealkylation sites (N-methyl/N-ethyl adjacent to an activating group) is 1. The minimum absolute atomic E-state index is 0.281. The molecule has 0 saturated carbocycles. The number of aryl methyl sites for hydroxylation is 1. The number of anilines is 1. The number of aromatic nitrogens is 2. The molecule has 28 heavy (non-hydrogen) atoms. The number of hydrogen-bond donors (Lipinski definition) is 1. The van der Waals surface area contributed by atoms with Crippen molar-refractivity contribution in [3.8, 4) is 17.0 Å². The predicted octanol–water partition coefficient (Wildman–Crippen LogP) is 3.71. The number of rotatable bonds is 2. The summed E-state index contributed by atoms with van der Waals surface area (Å²) in [6.07, 6.45) is -2.18. The first-order valence-electron chi connectivity index (χ1n) is 9.44. The van der Waals surface area contributed by atoms with Crippen molar-refractivity contribution in [2.75, 3.05) is 31.6 Å². The fraction of sp³-hybridized carbons (Fsp3) is 0.500. The molecule has 1 aromatic heterocycles. The van der Waals surface area contributed by atoms with Gasteiger partial charge in [-0.3, -0.25) is 0 Å². The van der Waals surface area contributed by atoms with Crippen LogP contribution in [0.15, 0.2) is 24.3 Å². The Kier molecular flexibility index (Phi) is 4.69. The number of likely N-dealkylation sites (tertiary alicyclic amines) is 1. The van der Waals surface area contributed by atoms with E-state index in [0.29, 0.717) is 23.2 Å². The van der Waals surface area contributed by atoms with Gasteiger partial charge in [-0.05, 0) is 69.1 Å². The maximum Gasteiger partial charge on any atom is 0.416 e. The zero-order valence-corrected chi connectivity index (χ0v) is 15.9. The zero-order valence-electron chi connectivity index (χ0n) is 15.9. The monoisotopic (exact) mass is 392 g/mol. The van der Waals surface area contributed by atoms with E-state index in [2.05, 4.69) is 27.0 Å². The Morgan fingerprint density at radius 3 is 2.50 bits per heavy atom. The standard InChI is InChI=1S/C20H23F3N4O/c1-12-9-14(20(21,22)23)10-17(28)19(12)15-3-4-18(25-24-15)27-8-6-13-5-7-26(2)11-16(13)27/h3-4,9-10,13,16,28H,5-8,11H2,1-2H3/t13-,16+/m0/s1. The van der Waals surface area contributed by atoms with Crippen LogP contribution in [0.1, 0.15) is 24.0 Å². The summed E-state index contributed by atoms with van der Waals surface area (Å²) in [5.74, 6) is 0.999. The Balaban J connectivity index is 1.61. The molecule has 1 aromatic carbocycles. The van der Waals surface area contributed by atoms with Crippen molar-refractivity contribution in [2.45, 2.75) is 32.0 Å². The third-order valence-electron chi connectivity index (χ3n) is 5.91. The van der Waals surface area contributed by atoms with Crippen molar-refractivity contribution in [2.24, 2.45) is 5.92 Å². The van der Waals surface area contributed by atoms with Crippen molar-refractivity contribution in [3.05, 3.63) is 35.4 Å². The second kappa shape index (κ2) is 6.92. The third-order valence-corrected chi connectivity index (χ3v) is 5.91. The average molecular weight is 392 g/mol. The van der Waals surface area contributed by atoms with Gasteiger partial charge in [0.05, 0.1) is 11.3 Å². The van der Waals surface area contributed by atoms with Gasteiger partial charge < -0.3 is 14.9 Å². The minimum Gasteiger partial charge on any atom is -0.507 e. The number of nitrogens with zero attached hydrogens (tertiary/aromatic N) is 4. The van der Waals surface area contributed by atoms with Gasteiger partial charge in [0.2, 0.25) is 0 Å². The molecule has 4 rings (SSSR count). The molecule has 2 atom stereocenters. The van der Waals surface area contributed by atoms with Crippen LogP contribution in [0, 0.1) is 12.8 Å². The van der Waals surface area contributed by atoms with Gasteiger partial charge in [0, 0.05) is 24.7 Å². The Bertz CT molecular complexity index is 846. The lowest BCUT2D eigenvalue weighted by Crippen LogP contribution is -2.47. The molecular weight excluding hydrogens is 369 g/mol. The molecular formula is C20H23F3N4O. The lowest BCUT2D eigenvalue weighted by Gasteiger charge is -2.36. The van der Waals surface area contributed by atoms with E-state index in [0.717, 1.165) is 44.0 Å². The van der Waals surface area contributed by atoms with Crippen LogP contribution in [-0.2, 0) is 6.18 Å². The lowest BCUT2D eigenvalue weighted by molar-refractivity contribution is -0.137. The van der Waals surface area contributed by atoms with Crippen LogP contribution < -0.4 is 4.90 Å². The van der Waals surface area contributed by atoms with E-state index in [-0.39, 0.29) is 5.56 Å². The summed E-state index contributed by atoms with van der Waals surface area (Å²) < 4.78 is 38.8. The SMILES string of the molecule is Cc1cc(C(F)(F)F)cc(O)c1-c1ccc(N2CC[C@@H]3CCN(C)C[C@H]32)nn1. The van der Waals surface area contributed by atoms with Crippen LogP contribution in [0.25, 0.3) is 11.3 Å². The lowest BCUT2D eigenvalue weighted by atomic mass is 9.92. The molecule has 0 bridgehead atoms. The van der Waals surface area contributed by atoms with Crippen molar-refractivity contribution in [3.63, 3.8) is 0 Å². The molecule has 5 nitrogen and oxygen atoms in total. The Labute approximate surface area is 161 Å². The molecule has 3 heterocycles. The summed E-state index contributed by atoms with van der Waals surface area (Å²) in [5.41, 5.74) is 0.0811. The molecule has 2 aromatic rings. The number of phenolic OH excluding ortho intramolecular Hbond substituents is 1. The number of halogens is 3. The fourth-order valence-corrected chi connectivity index (χ4v) is 4.46. The first kappa shape index (κ1) is 19.0. The largest absolute Gasteiger partial charge is 0.507 e. The van der Waals surface area contributed by atoms with Crippen molar-refractivity contribution in [1.29, 1.82) is 0 Å². The molecule has 2 saturated heterocycles. The minimum atomic E-state index is -4.50.